The number of hydrogen-bond donors (Lipinski definition) is 1. The van der Waals surface area contributed by atoms with Gasteiger partial charge in [-0.1, -0.05) is 0 Å². The lowest BCUT2D eigenvalue weighted by Crippen LogP contribution is -2.46. The lowest BCUT2D eigenvalue weighted by atomic mass is 10.1. The number of aromatic nitrogens is 2. The van der Waals surface area contributed by atoms with Gasteiger partial charge in [0, 0.05) is 12.6 Å². The van der Waals surface area contributed by atoms with Crippen molar-refractivity contribution in [3.63, 3.8) is 0 Å². The highest BCUT2D eigenvalue weighted by atomic mass is 32.1. The molecule has 0 radical (unpaired) electrons. The van der Waals surface area contributed by atoms with Crippen molar-refractivity contribution in [3.05, 3.63) is 11.4 Å². The van der Waals surface area contributed by atoms with Crippen LogP contribution in [0.5, 0.6) is 0 Å². The van der Waals surface area contributed by atoms with Gasteiger partial charge in [-0.15, -0.1) is 11.3 Å². The molecule has 4 nitrogen and oxygen atoms in total. The van der Waals surface area contributed by atoms with Gasteiger partial charge in [0.1, 0.15) is 10.6 Å². The Morgan fingerprint density at radius 1 is 1.53 bits per heavy atom. The summed E-state index contributed by atoms with van der Waals surface area (Å²) in [7, 11) is 0. The Labute approximate surface area is 91.7 Å². The van der Waals surface area contributed by atoms with Crippen LogP contribution in [0.25, 0.3) is 10.2 Å². The van der Waals surface area contributed by atoms with Crippen LogP contribution in [0.4, 0.5) is 11.8 Å². The maximum absolute atomic E-state index is 5.89. The van der Waals surface area contributed by atoms with Crippen molar-refractivity contribution in [2.75, 3.05) is 17.2 Å². The van der Waals surface area contributed by atoms with E-state index in [1.54, 1.807) is 11.3 Å². The van der Waals surface area contributed by atoms with Gasteiger partial charge in [0.05, 0.1) is 5.39 Å². The SMILES string of the molecule is CC1CCN1c1nc(N)c2ccsc2n1. The monoisotopic (exact) mass is 220 g/mol. The second-order valence-corrected chi connectivity index (χ2v) is 4.77. The van der Waals surface area contributed by atoms with Gasteiger partial charge in [-0.25, -0.2) is 4.98 Å². The first-order valence-electron chi connectivity index (χ1n) is 5.03. The van der Waals surface area contributed by atoms with Gasteiger partial charge in [0.15, 0.2) is 0 Å². The summed E-state index contributed by atoms with van der Waals surface area (Å²) in [6.07, 6.45) is 1.21. The molecule has 0 amide bonds. The summed E-state index contributed by atoms with van der Waals surface area (Å²) < 4.78 is 0. The number of nitrogens with zero attached hydrogens (tertiary/aromatic N) is 3. The molecule has 0 aromatic carbocycles. The fourth-order valence-electron chi connectivity index (χ4n) is 1.81. The Bertz CT molecular complexity index is 507. The molecule has 3 rings (SSSR count). The molecule has 3 heterocycles. The van der Waals surface area contributed by atoms with E-state index < -0.39 is 0 Å². The van der Waals surface area contributed by atoms with Gasteiger partial charge in [-0.3, -0.25) is 0 Å². The minimum absolute atomic E-state index is 0.543. The zero-order chi connectivity index (χ0) is 10.4. The van der Waals surface area contributed by atoms with Crippen LogP contribution >= 0.6 is 11.3 Å². The summed E-state index contributed by atoms with van der Waals surface area (Å²) in [5.41, 5.74) is 5.89. The first kappa shape index (κ1) is 8.91. The van der Waals surface area contributed by atoms with Crippen LogP contribution in [0.15, 0.2) is 11.4 Å². The summed E-state index contributed by atoms with van der Waals surface area (Å²) in [6.45, 7) is 3.22. The minimum Gasteiger partial charge on any atom is -0.383 e. The van der Waals surface area contributed by atoms with Crippen LogP contribution in [0.1, 0.15) is 13.3 Å². The Hall–Kier alpha value is -1.36. The highest BCUT2D eigenvalue weighted by Crippen LogP contribution is 2.29. The Kier molecular flexibility index (Phi) is 1.82. The largest absolute Gasteiger partial charge is 0.383 e. The van der Waals surface area contributed by atoms with Gasteiger partial charge >= 0.3 is 0 Å². The van der Waals surface area contributed by atoms with Crippen molar-refractivity contribution >= 4 is 33.3 Å². The van der Waals surface area contributed by atoms with E-state index in [0.717, 1.165) is 22.7 Å². The van der Waals surface area contributed by atoms with Gasteiger partial charge in [0.25, 0.3) is 0 Å². The first-order valence-corrected chi connectivity index (χ1v) is 5.91. The third kappa shape index (κ3) is 1.26. The van der Waals surface area contributed by atoms with Crippen molar-refractivity contribution < 1.29 is 0 Å². The molecule has 2 aromatic heterocycles. The predicted octanol–water partition coefficient (Wildman–Crippen LogP) is 1.87. The van der Waals surface area contributed by atoms with Crippen molar-refractivity contribution in [2.45, 2.75) is 19.4 Å². The average molecular weight is 220 g/mol. The number of thiophene rings is 1. The van der Waals surface area contributed by atoms with Crippen molar-refractivity contribution in [1.82, 2.24) is 9.97 Å². The van der Waals surface area contributed by atoms with E-state index >= 15 is 0 Å². The van der Waals surface area contributed by atoms with Crippen LogP contribution in [0.3, 0.4) is 0 Å². The number of fused-ring (bicyclic) bond motifs is 1. The van der Waals surface area contributed by atoms with Gasteiger partial charge in [-0.05, 0) is 24.8 Å². The second-order valence-electron chi connectivity index (χ2n) is 3.88. The Balaban J connectivity index is 2.11. The van der Waals surface area contributed by atoms with Gasteiger partial charge in [-0.2, -0.15) is 4.98 Å². The third-order valence-electron chi connectivity index (χ3n) is 2.92. The van der Waals surface area contributed by atoms with Crippen LogP contribution in [0, 0.1) is 0 Å². The molecular formula is C10H12N4S. The topological polar surface area (TPSA) is 55.0 Å². The van der Waals surface area contributed by atoms with Crippen molar-refractivity contribution in [2.24, 2.45) is 0 Å². The lowest BCUT2D eigenvalue weighted by Gasteiger charge is -2.38. The maximum Gasteiger partial charge on any atom is 0.228 e. The van der Waals surface area contributed by atoms with E-state index in [9.17, 15) is 0 Å². The number of nitrogen functional groups attached to an aromatic ring is 1. The Morgan fingerprint density at radius 2 is 2.40 bits per heavy atom. The molecule has 0 bridgehead atoms. The normalized spacial score (nSPS) is 20.6. The quantitative estimate of drug-likeness (QED) is 0.797. The molecule has 78 valence electrons. The summed E-state index contributed by atoms with van der Waals surface area (Å²) >= 11 is 1.61. The molecule has 15 heavy (non-hydrogen) atoms. The van der Waals surface area contributed by atoms with E-state index in [2.05, 4.69) is 21.8 Å². The van der Waals surface area contributed by atoms with Crippen LogP contribution in [0.2, 0.25) is 0 Å². The van der Waals surface area contributed by atoms with E-state index in [1.165, 1.54) is 6.42 Å². The smallest absolute Gasteiger partial charge is 0.228 e. The van der Waals surface area contributed by atoms with Crippen molar-refractivity contribution in [3.8, 4) is 0 Å². The molecule has 0 saturated carbocycles. The fourth-order valence-corrected chi connectivity index (χ4v) is 2.58. The molecule has 1 aliphatic rings. The fraction of sp³-hybridized carbons (Fsp3) is 0.400. The van der Waals surface area contributed by atoms with E-state index in [-0.39, 0.29) is 0 Å². The molecule has 1 aliphatic heterocycles. The second kappa shape index (κ2) is 3.06. The minimum atomic E-state index is 0.543. The maximum atomic E-state index is 5.89. The van der Waals surface area contributed by atoms with Gasteiger partial charge in [0.2, 0.25) is 5.95 Å². The molecule has 0 spiro atoms. The summed E-state index contributed by atoms with van der Waals surface area (Å²) in [4.78, 5) is 12.0. The molecule has 2 N–H and O–H groups in total. The molecule has 1 atom stereocenters. The summed E-state index contributed by atoms with van der Waals surface area (Å²) in [5, 5.41) is 2.97. The van der Waals surface area contributed by atoms with Crippen LogP contribution in [-0.2, 0) is 0 Å². The molecular weight excluding hydrogens is 208 g/mol. The molecule has 1 fully saturated rings. The number of rotatable bonds is 1. The Morgan fingerprint density at radius 3 is 3.07 bits per heavy atom. The third-order valence-corrected chi connectivity index (χ3v) is 3.73. The van der Waals surface area contributed by atoms with E-state index in [4.69, 9.17) is 5.73 Å². The number of anilines is 2. The van der Waals surface area contributed by atoms with E-state index in [1.807, 2.05) is 11.4 Å². The highest BCUT2D eigenvalue weighted by molar-refractivity contribution is 7.16. The number of hydrogen-bond acceptors (Lipinski definition) is 5. The average Bonchev–Trinajstić information content (AvgIpc) is 2.64. The number of nitrogens with two attached hydrogens (primary N) is 1. The zero-order valence-electron chi connectivity index (χ0n) is 8.47. The molecule has 2 aromatic rings. The first-order chi connectivity index (χ1) is 7.25. The molecule has 1 unspecified atom stereocenters. The zero-order valence-corrected chi connectivity index (χ0v) is 9.29. The lowest BCUT2D eigenvalue weighted by molar-refractivity contribution is 0.471. The highest BCUT2D eigenvalue weighted by Gasteiger charge is 2.26. The summed E-state index contributed by atoms with van der Waals surface area (Å²) in [5.74, 6) is 1.37. The summed E-state index contributed by atoms with van der Waals surface area (Å²) in [6, 6.07) is 2.51. The predicted molar refractivity (Wildman–Crippen MR) is 63.3 cm³/mol. The van der Waals surface area contributed by atoms with Crippen LogP contribution in [-0.4, -0.2) is 22.6 Å². The molecule has 1 saturated heterocycles. The molecule has 0 aliphatic carbocycles. The van der Waals surface area contributed by atoms with Crippen LogP contribution < -0.4 is 10.6 Å². The van der Waals surface area contributed by atoms with Gasteiger partial charge < -0.3 is 10.6 Å². The standard InChI is InChI=1S/C10H12N4S/c1-6-2-4-14(6)10-12-8(11)7-3-5-15-9(7)13-10/h3,5-6H,2,4H2,1H3,(H2,11,12,13). The van der Waals surface area contributed by atoms with Crippen molar-refractivity contribution in [1.29, 1.82) is 0 Å². The molecule has 5 heteroatoms. The van der Waals surface area contributed by atoms with E-state index in [0.29, 0.717) is 11.9 Å².